The lowest BCUT2D eigenvalue weighted by atomic mass is 9.95. The number of aryl methyl sites for hydroxylation is 1. The molecule has 1 N–H and O–H groups in total. The summed E-state index contributed by atoms with van der Waals surface area (Å²) in [6, 6.07) is 7.42. The highest BCUT2D eigenvalue weighted by Crippen LogP contribution is 2.29. The lowest BCUT2D eigenvalue weighted by molar-refractivity contribution is -0.914. The van der Waals surface area contributed by atoms with Crippen LogP contribution in [0.3, 0.4) is 0 Å². The fraction of sp³-hybridized carbons (Fsp3) is 0.611. The number of rotatable bonds is 3. The standard InChI is InChI=1S/C18H26NO3S/c1-14-4-3-5-15(12-14)18(2,21)17(20)22-16-6-7-19(13-16)8-10-23-11-9-19/h3-5,12,16,21H,6-11,13H2,1-2H3/q+1. The van der Waals surface area contributed by atoms with E-state index in [1.54, 1.807) is 6.07 Å². The van der Waals surface area contributed by atoms with Crippen molar-refractivity contribution in [3.05, 3.63) is 35.4 Å². The number of carbonyl (C=O) groups is 1. The number of nitrogens with zero attached hydrogens (tertiary/aromatic N) is 1. The summed E-state index contributed by atoms with van der Waals surface area (Å²) >= 11 is 2.01. The first-order valence-electron chi connectivity index (χ1n) is 8.35. The molecule has 2 aliphatic heterocycles. The molecule has 0 amide bonds. The molecule has 1 aromatic rings. The van der Waals surface area contributed by atoms with E-state index >= 15 is 0 Å². The van der Waals surface area contributed by atoms with Gasteiger partial charge in [0.15, 0.2) is 11.7 Å². The molecule has 2 unspecified atom stereocenters. The van der Waals surface area contributed by atoms with Crippen molar-refractivity contribution in [2.75, 3.05) is 37.7 Å². The van der Waals surface area contributed by atoms with E-state index in [0.717, 1.165) is 29.6 Å². The lowest BCUT2D eigenvalue weighted by Crippen LogP contribution is -2.52. The van der Waals surface area contributed by atoms with Gasteiger partial charge in [0.2, 0.25) is 0 Å². The molecular weight excluding hydrogens is 310 g/mol. The Morgan fingerprint density at radius 2 is 2.09 bits per heavy atom. The maximum Gasteiger partial charge on any atom is 0.343 e. The van der Waals surface area contributed by atoms with Crippen LogP contribution in [0.2, 0.25) is 0 Å². The molecule has 0 saturated carbocycles. The quantitative estimate of drug-likeness (QED) is 0.678. The van der Waals surface area contributed by atoms with Crippen LogP contribution in [-0.2, 0) is 15.1 Å². The van der Waals surface area contributed by atoms with Crippen LogP contribution in [0.15, 0.2) is 24.3 Å². The number of quaternary nitrogens is 1. The number of thioether (sulfide) groups is 1. The van der Waals surface area contributed by atoms with Crippen LogP contribution in [0.1, 0.15) is 24.5 Å². The Bertz CT molecular complexity index is 581. The Morgan fingerprint density at radius 1 is 1.35 bits per heavy atom. The summed E-state index contributed by atoms with van der Waals surface area (Å²) in [5.41, 5.74) is 0.0301. The normalized spacial score (nSPS) is 26.0. The summed E-state index contributed by atoms with van der Waals surface area (Å²) in [4.78, 5) is 12.5. The number of hydrogen-bond donors (Lipinski definition) is 1. The second kappa shape index (κ2) is 6.46. The molecule has 2 aliphatic rings. The Labute approximate surface area is 142 Å². The van der Waals surface area contributed by atoms with Gasteiger partial charge in [-0.3, -0.25) is 0 Å². The maximum absolute atomic E-state index is 12.5. The fourth-order valence-electron chi connectivity index (χ4n) is 3.60. The molecule has 0 aromatic heterocycles. The van der Waals surface area contributed by atoms with Crippen LogP contribution in [0.25, 0.3) is 0 Å². The summed E-state index contributed by atoms with van der Waals surface area (Å²) in [5.74, 6) is 1.86. The summed E-state index contributed by atoms with van der Waals surface area (Å²) < 4.78 is 6.77. The molecule has 2 fully saturated rings. The zero-order chi connectivity index (χ0) is 16.5. The molecule has 4 nitrogen and oxygen atoms in total. The molecule has 2 heterocycles. The van der Waals surface area contributed by atoms with Crippen molar-refractivity contribution in [2.45, 2.75) is 32.0 Å². The van der Waals surface area contributed by atoms with Gasteiger partial charge >= 0.3 is 5.97 Å². The van der Waals surface area contributed by atoms with Crippen molar-refractivity contribution < 1.29 is 19.1 Å². The minimum Gasteiger partial charge on any atom is -0.454 e. The van der Waals surface area contributed by atoms with Gasteiger partial charge in [-0.1, -0.05) is 29.8 Å². The summed E-state index contributed by atoms with van der Waals surface area (Å²) in [5, 5.41) is 10.7. The van der Waals surface area contributed by atoms with Crippen LogP contribution in [0.5, 0.6) is 0 Å². The third-order valence-electron chi connectivity index (χ3n) is 5.19. The molecule has 3 rings (SSSR count). The number of benzene rings is 1. The molecule has 1 spiro atoms. The molecular formula is C18H26NO3S+. The van der Waals surface area contributed by atoms with E-state index in [-0.39, 0.29) is 6.10 Å². The van der Waals surface area contributed by atoms with E-state index < -0.39 is 11.6 Å². The Balaban J connectivity index is 1.65. The molecule has 0 aliphatic carbocycles. The number of ether oxygens (including phenoxy) is 1. The number of esters is 1. The first-order valence-corrected chi connectivity index (χ1v) is 9.50. The third kappa shape index (κ3) is 3.57. The average molecular weight is 336 g/mol. The summed E-state index contributed by atoms with van der Waals surface area (Å²) in [7, 11) is 0. The van der Waals surface area contributed by atoms with Gasteiger partial charge in [-0.15, -0.1) is 0 Å². The second-order valence-electron chi connectivity index (χ2n) is 7.07. The summed E-state index contributed by atoms with van der Waals surface area (Å²) in [6.45, 7) is 7.81. The van der Waals surface area contributed by atoms with Crippen LogP contribution in [0.4, 0.5) is 0 Å². The van der Waals surface area contributed by atoms with E-state index in [4.69, 9.17) is 4.74 Å². The number of hydrogen-bond acceptors (Lipinski definition) is 4. The zero-order valence-corrected chi connectivity index (χ0v) is 14.8. The van der Waals surface area contributed by atoms with Crippen molar-refractivity contribution in [3.63, 3.8) is 0 Å². The van der Waals surface area contributed by atoms with Gasteiger partial charge in [0.25, 0.3) is 0 Å². The minimum absolute atomic E-state index is 0.0677. The van der Waals surface area contributed by atoms with Crippen molar-refractivity contribution in [1.29, 1.82) is 0 Å². The van der Waals surface area contributed by atoms with Crippen molar-refractivity contribution in [3.8, 4) is 0 Å². The highest BCUT2D eigenvalue weighted by Gasteiger charge is 2.43. The second-order valence-corrected chi connectivity index (χ2v) is 8.29. The van der Waals surface area contributed by atoms with Gasteiger partial charge in [0.05, 0.1) is 19.6 Å². The van der Waals surface area contributed by atoms with Gasteiger partial charge in [0.1, 0.15) is 6.54 Å². The van der Waals surface area contributed by atoms with Gasteiger partial charge < -0.3 is 14.3 Å². The average Bonchev–Trinajstić information content (AvgIpc) is 2.90. The van der Waals surface area contributed by atoms with Crippen LogP contribution in [0, 0.1) is 6.92 Å². The molecule has 0 radical (unpaired) electrons. The smallest absolute Gasteiger partial charge is 0.343 e. The van der Waals surface area contributed by atoms with Gasteiger partial charge in [-0.25, -0.2) is 4.79 Å². The van der Waals surface area contributed by atoms with E-state index in [1.165, 1.54) is 31.5 Å². The van der Waals surface area contributed by atoms with Crippen molar-refractivity contribution >= 4 is 17.7 Å². The lowest BCUT2D eigenvalue weighted by Gasteiger charge is -2.37. The summed E-state index contributed by atoms with van der Waals surface area (Å²) in [6.07, 6.45) is 0.835. The zero-order valence-electron chi connectivity index (χ0n) is 14.0. The van der Waals surface area contributed by atoms with E-state index in [0.29, 0.717) is 5.56 Å². The molecule has 1 aromatic carbocycles. The van der Waals surface area contributed by atoms with Gasteiger partial charge in [-0.2, -0.15) is 11.8 Å². The van der Waals surface area contributed by atoms with Gasteiger partial charge in [0, 0.05) is 17.9 Å². The van der Waals surface area contributed by atoms with Crippen LogP contribution >= 0.6 is 11.8 Å². The minimum atomic E-state index is -1.59. The molecule has 2 atom stereocenters. The highest BCUT2D eigenvalue weighted by molar-refractivity contribution is 7.99. The predicted molar refractivity (Wildman–Crippen MR) is 92.3 cm³/mol. The number of carbonyl (C=O) groups excluding carboxylic acids is 1. The molecule has 5 heteroatoms. The van der Waals surface area contributed by atoms with Crippen molar-refractivity contribution in [1.82, 2.24) is 0 Å². The highest BCUT2D eigenvalue weighted by atomic mass is 32.2. The molecule has 126 valence electrons. The van der Waals surface area contributed by atoms with Crippen molar-refractivity contribution in [2.24, 2.45) is 0 Å². The Morgan fingerprint density at radius 3 is 2.78 bits per heavy atom. The predicted octanol–water partition coefficient (Wildman–Crippen LogP) is 2.08. The first-order chi connectivity index (χ1) is 10.9. The first kappa shape index (κ1) is 16.8. The van der Waals surface area contributed by atoms with E-state index in [9.17, 15) is 9.90 Å². The topological polar surface area (TPSA) is 46.5 Å². The Kier molecular flexibility index (Phi) is 4.72. The maximum atomic E-state index is 12.5. The third-order valence-corrected chi connectivity index (χ3v) is 6.13. The van der Waals surface area contributed by atoms with E-state index in [1.807, 2.05) is 36.9 Å². The number of aliphatic hydroxyl groups is 1. The Hall–Kier alpha value is -1.04. The fourth-order valence-corrected chi connectivity index (χ4v) is 4.83. The SMILES string of the molecule is Cc1cccc(C(C)(O)C(=O)OC2CC[N+]3(CCSCC3)C2)c1. The van der Waals surface area contributed by atoms with Crippen LogP contribution < -0.4 is 0 Å². The van der Waals surface area contributed by atoms with E-state index in [2.05, 4.69) is 0 Å². The monoisotopic (exact) mass is 336 g/mol. The molecule has 0 bridgehead atoms. The molecule has 23 heavy (non-hydrogen) atoms. The largest absolute Gasteiger partial charge is 0.454 e. The van der Waals surface area contributed by atoms with Gasteiger partial charge in [-0.05, 0) is 19.4 Å². The molecule has 2 saturated heterocycles. The van der Waals surface area contributed by atoms with Crippen LogP contribution in [-0.4, -0.2) is 59.3 Å².